The van der Waals surface area contributed by atoms with Crippen molar-refractivity contribution in [2.24, 2.45) is 0 Å². The SMILES string of the molecule is CN(C)c1ccc(CCn2cc(C(=O)O)ccc2=O)cc1. The molecular formula is C16H18N2O3. The molecule has 0 fully saturated rings. The topological polar surface area (TPSA) is 62.5 Å². The van der Waals surface area contributed by atoms with Gasteiger partial charge >= 0.3 is 5.97 Å². The lowest BCUT2D eigenvalue weighted by molar-refractivity contribution is 0.0696. The van der Waals surface area contributed by atoms with E-state index >= 15 is 0 Å². The van der Waals surface area contributed by atoms with Gasteiger partial charge in [0.1, 0.15) is 0 Å². The molecule has 0 radical (unpaired) electrons. The van der Waals surface area contributed by atoms with Crippen molar-refractivity contribution in [1.29, 1.82) is 0 Å². The molecule has 1 N–H and O–H groups in total. The van der Waals surface area contributed by atoms with Gasteiger partial charge in [-0.25, -0.2) is 4.79 Å². The van der Waals surface area contributed by atoms with Gasteiger partial charge in [0.15, 0.2) is 0 Å². The van der Waals surface area contributed by atoms with Gasteiger partial charge in [-0.2, -0.15) is 0 Å². The predicted octanol–water partition coefficient (Wildman–Crippen LogP) is 1.86. The molecule has 0 bridgehead atoms. The number of aryl methyl sites for hydroxylation is 2. The van der Waals surface area contributed by atoms with Gasteiger partial charge in [-0.1, -0.05) is 12.1 Å². The Kier molecular flexibility index (Phi) is 4.42. The quantitative estimate of drug-likeness (QED) is 0.911. The third-order valence-electron chi connectivity index (χ3n) is 3.32. The summed E-state index contributed by atoms with van der Waals surface area (Å²) < 4.78 is 1.43. The first kappa shape index (κ1) is 14.8. The lowest BCUT2D eigenvalue weighted by atomic mass is 10.1. The van der Waals surface area contributed by atoms with Gasteiger partial charge in [0.25, 0.3) is 5.56 Å². The Morgan fingerprint density at radius 2 is 1.81 bits per heavy atom. The average molecular weight is 286 g/mol. The minimum absolute atomic E-state index is 0.123. The standard InChI is InChI=1S/C16H18N2O3/c1-17(2)14-6-3-12(4-7-14)9-10-18-11-13(16(20)21)5-8-15(18)19/h3-8,11H,9-10H2,1-2H3,(H,20,21). The minimum Gasteiger partial charge on any atom is -0.478 e. The summed E-state index contributed by atoms with van der Waals surface area (Å²) in [6.07, 6.45) is 2.07. The molecule has 0 saturated carbocycles. The summed E-state index contributed by atoms with van der Waals surface area (Å²) in [7, 11) is 3.96. The zero-order valence-electron chi connectivity index (χ0n) is 12.1. The molecule has 1 aromatic heterocycles. The smallest absolute Gasteiger partial charge is 0.337 e. The zero-order chi connectivity index (χ0) is 15.4. The number of rotatable bonds is 5. The number of pyridine rings is 1. The molecule has 0 saturated heterocycles. The molecule has 0 amide bonds. The highest BCUT2D eigenvalue weighted by molar-refractivity contribution is 5.87. The van der Waals surface area contributed by atoms with Gasteiger partial charge in [-0.05, 0) is 30.2 Å². The van der Waals surface area contributed by atoms with Gasteiger partial charge in [0.05, 0.1) is 5.56 Å². The van der Waals surface area contributed by atoms with Crippen molar-refractivity contribution in [2.75, 3.05) is 19.0 Å². The van der Waals surface area contributed by atoms with Crippen LogP contribution >= 0.6 is 0 Å². The Morgan fingerprint density at radius 3 is 2.38 bits per heavy atom. The number of carboxylic acid groups (broad SMARTS) is 1. The van der Waals surface area contributed by atoms with Crippen LogP contribution in [0.25, 0.3) is 0 Å². The number of hydrogen-bond donors (Lipinski definition) is 1. The molecule has 5 nitrogen and oxygen atoms in total. The van der Waals surface area contributed by atoms with Crippen molar-refractivity contribution >= 4 is 11.7 Å². The molecule has 0 aliphatic rings. The Labute approximate surface area is 123 Å². The number of hydrogen-bond acceptors (Lipinski definition) is 3. The van der Waals surface area contributed by atoms with Crippen LogP contribution in [-0.2, 0) is 13.0 Å². The molecule has 1 heterocycles. The Hall–Kier alpha value is -2.56. The van der Waals surface area contributed by atoms with Crippen molar-refractivity contribution in [3.05, 3.63) is 64.1 Å². The van der Waals surface area contributed by atoms with E-state index in [1.807, 2.05) is 43.3 Å². The molecule has 0 aliphatic carbocycles. The van der Waals surface area contributed by atoms with E-state index in [1.54, 1.807) is 0 Å². The van der Waals surface area contributed by atoms with Crippen LogP contribution in [0.15, 0.2) is 47.4 Å². The van der Waals surface area contributed by atoms with Gasteiger partial charge in [0, 0.05) is 38.6 Å². The summed E-state index contributed by atoms with van der Waals surface area (Å²) in [5.74, 6) is -1.03. The molecule has 1 aromatic carbocycles. The van der Waals surface area contributed by atoms with E-state index in [-0.39, 0.29) is 11.1 Å². The second-order valence-electron chi connectivity index (χ2n) is 5.07. The normalized spacial score (nSPS) is 10.4. The van der Waals surface area contributed by atoms with E-state index in [0.717, 1.165) is 11.3 Å². The van der Waals surface area contributed by atoms with Crippen LogP contribution in [0.2, 0.25) is 0 Å². The molecule has 0 aliphatic heterocycles. The van der Waals surface area contributed by atoms with Gasteiger partial charge < -0.3 is 14.6 Å². The van der Waals surface area contributed by atoms with Crippen LogP contribution in [0.1, 0.15) is 15.9 Å². The summed E-state index contributed by atoms with van der Waals surface area (Å²) in [5, 5.41) is 8.95. The largest absolute Gasteiger partial charge is 0.478 e. The number of carboxylic acids is 1. The summed E-state index contributed by atoms with van der Waals surface area (Å²) in [5.41, 5.74) is 2.15. The Bertz CT molecular complexity index is 687. The van der Waals surface area contributed by atoms with E-state index in [2.05, 4.69) is 0 Å². The summed E-state index contributed by atoms with van der Waals surface area (Å²) in [4.78, 5) is 24.7. The number of aromatic carboxylic acids is 1. The fourth-order valence-electron chi connectivity index (χ4n) is 2.04. The van der Waals surface area contributed by atoms with Crippen molar-refractivity contribution in [3.63, 3.8) is 0 Å². The highest BCUT2D eigenvalue weighted by atomic mass is 16.4. The molecule has 0 unspecified atom stereocenters. The molecule has 110 valence electrons. The van der Waals surface area contributed by atoms with Crippen molar-refractivity contribution in [2.45, 2.75) is 13.0 Å². The number of nitrogens with zero attached hydrogens (tertiary/aromatic N) is 2. The first-order chi connectivity index (χ1) is 9.97. The second kappa shape index (κ2) is 6.26. The fourth-order valence-corrected chi connectivity index (χ4v) is 2.04. The lowest BCUT2D eigenvalue weighted by Crippen LogP contribution is -2.21. The van der Waals surface area contributed by atoms with Crippen LogP contribution in [0.3, 0.4) is 0 Å². The maximum absolute atomic E-state index is 11.7. The van der Waals surface area contributed by atoms with Gasteiger partial charge in [0.2, 0.25) is 0 Å². The van der Waals surface area contributed by atoms with E-state index < -0.39 is 5.97 Å². The third kappa shape index (κ3) is 3.72. The monoisotopic (exact) mass is 286 g/mol. The molecule has 2 aromatic rings. The molecule has 21 heavy (non-hydrogen) atoms. The minimum atomic E-state index is -1.03. The highest BCUT2D eigenvalue weighted by Crippen LogP contribution is 2.12. The first-order valence-corrected chi connectivity index (χ1v) is 6.67. The van der Waals surface area contributed by atoms with Crippen LogP contribution < -0.4 is 10.5 Å². The Morgan fingerprint density at radius 1 is 1.14 bits per heavy atom. The van der Waals surface area contributed by atoms with E-state index in [9.17, 15) is 9.59 Å². The van der Waals surface area contributed by atoms with E-state index in [4.69, 9.17) is 5.11 Å². The van der Waals surface area contributed by atoms with Crippen molar-refractivity contribution in [3.8, 4) is 0 Å². The van der Waals surface area contributed by atoms with E-state index in [0.29, 0.717) is 13.0 Å². The zero-order valence-corrected chi connectivity index (χ0v) is 12.1. The summed E-state index contributed by atoms with van der Waals surface area (Å²) >= 11 is 0. The maximum atomic E-state index is 11.7. The first-order valence-electron chi connectivity index (χ1n) is 6.67. The van der Waals surface area contributed by atoms with E-state index in [1.165, 1.54) is 22.9 Å². The van der Waals surface area contributed by atoms with Crippen LogP contribution in [0.4, 0.5) is 5.69 Å². The second-order valence-corrected chi connectivity index (χ2v) is 5.07. The summed E-state index contributed by atoms with van der Waals surface area (Å²) in [6, 6.07) is 10.7. The molecule has 2 rings (SSSR count). The van der Waals surface area contributed by atoms with Crippen LogP contribution in [0, 0.1) is 0 Å². The predicted molar refractivity (Wildman–Crippen MR) is 82.1 cm³/mol. The third-order valence-corrected chi connectivity index (χ3v) is 3.32. The molecule has 5 heteroatoms. The molecular weight excluding hydrogens is 268 g/mol. The maximum Gasteiger partial charge on any atom is 0.337 e. The van der Waals surface area contributed by atoms with Crippen molar-refractivity contribution < 1.29 is 9.90 Å². The van der Waals surface area contributed by atoms with Crippen molar-refractivity contribution in [1.82, 2.24) is 4.57 Å². The summed E-state index contributed by atoms with van der Waals surface area (Å²) in [6.45, 7) is 0.460. The van der Waals surface area contributed by atoms with Gasteiger partial charge in [-0.3, -0.25) is 4.79 Å². The number of aromatic nitrogens is 1. The van der Waals surface area contributed by atoms with Gasteiger partial charge in [-0.15, -0.1) is 0 Å². The Balaban J connectivity index is 2.10. The number of carbonyl (C=O) groups is 1. The molecule has 0 spiro atoms. The average Bonchev–Trinajstić information content (AvgIpc) is 2.46. The fraction of sp³-hybridized carbons (Fsp3) is 0.250. The van der Waals surface area contributed by atoms with Crippen LogP contribution in [-0.4, -0.2) is 29.7 Å². The highest BCUT2D eigenvalue weighted by Gasteiger charge is 2.05. The number of benzene rings is 1. The lowest BCUT2D eigenvalue weighted by Gasteiger charge is -2.13. The number of anilines is 1. The van der Waals surface area contributed by atoms with Crippen LogP contribution in [0.5, 0.6) is 0 Å². The molecule has 0 atom stereocenters.